The van der Waals surface area contributed by atoms with Crippen LogP contribution in [0.3, 0.4) is 0 Å². The fraction of sp³-hybridized carbons (Fsp3) is 0.390. The molecular formula is C41H33NO8. The normalized spacial score (nSPS) is 18.3. The van der Waals surface area contributed by atoms with E-state index in [1.807, 2.05) is 0 Å². The van der Waals surface area contributed by atoms with Crippen LogP contribution in [-0.2, 0) is 14.3 Å². The highest BCUT2D eigenvalue weighted by atomic mass is 16.7. The van der Waals surface area contributed by atoms with Crippen molar-refractivity contribution < 1.29 is 39.8 Å². The van der Waals surface area contributed by atoms with Crippen LogP contribution in [0.5, 0.6) is 0 Å². The Morgan fingerprint density at radius 1 is 0.680 bits per heavy atom. The number of ether oxygens (including phenoxy) is 2. The van der Waals surface area contributed by atoms with E-state index in [1.165, 1.54) is 0 Å². The lowest BCUT2D eigenvalue weighted by Gasteiger charge is -2.40. The molecule has 6 N–H and O–H groups in total. The maximum Gasteiger partial charge on any atom is 0.297 e. The van der Waals surface area contributed by atoms with Gasteiger partial charge in [0.1, 0.15) is 24.4 Å². The topological polar surface area (TPSA) is 149 Å². The second-order valence-corrected chi connectivity index (χ2v) is 9.65. The number of aliphatic hydroxyl groups excluding tert-OH is 5. The summed E-state index contributed by atoms with van der Waals surface area (Å²) < 4.78 is 10.9. The quantitative estimate of drug-likeness (QED) is 0.118. The molecule has 0 aromatic carbocycles. The van der Waals surface area contributed by atoms with Crippen molar-refractivity contribution in [2.24, 2.45) is 0 Å². The van der Waals surface area contributed by atoms with E-state index in [0.29, 0.717) is 12.8 Å². The zero-order valence-corrected chi connectivity index (χ0v) is 27.5. The number of carbonyl (C=O) groups is 1. The van der Waals surface area contributed by atoms with Gasteiger partial charge in [-0.2, -0.15) is 0 Å². The molecule has 1 aliphatic rings. The van der Waals surface area contributed by atoms with E-state index in [4.69, 9.17) is 9.47 Å². The first-order valence-corrected chi connectivity index (χ1v) is 15.2. The summed E-state index contributed by atoms with van der Waals surface area (Å²) in [5, 5.41) is 52.8. The van der Waals surface area contributed by atoms with Gasteiger partial charge in [0.15, 0.2) is 6.29 Å². The molecule has 1 aliphatic heterocycles. The second-order valence-electron chi connectivity index (χ2n) is 9.65. The minimum Gasteiger partial charge on any atom is -0.394 e. The number of amides is 1. The van der Waals surface area contributed by atoms with Gasteiger partial charge in [0.2, 0.25) is 0 Å². The molecule has 7 atom stereocenters. The van der Waals surface area contributed by atoms with Crippen molar-refractivity contribution in [1.82, 2.24) is 5.32 Å². The third-order valence-electron chi connectivity index (χ3n) is 6.04. The summed E-state index contributed by atoms with van der Waals surface area (Å²) in [6.45, 7) is 2.78. The molecule has 50 heavy (non-hydrogen) atoms. The Labute approximate surface area is 294 Å². The molecule has 9 nitrogen and oxygen atoms in total. The molecule has 250 valence electrons. The van der Waals surface area contributed by atoms with E-state index in [2.05, 4.69) is 154 Å². The first-order chi connectivity index (χ1) is 24.3. The van der Waals surface area contributed by atoms with Crippen LogP contribution in [0.4, 0.5) is 0 Å². The Morgan fingerprint density at radius 3 is 1.58 bits per heavy atom. The maximum atomic E-state index is 12.4. The average Bonchev–Trinajstić information content (AvgIpc) is 3.11. The molecule has 1 fully saturated rings. The Hall–Kier alpha value is -6.09. The van der Waals surface area contributed by atoms with Crippen LogP contribution in [0.2, 0.25) is 0 Å². The molecule has 1 heterocycles. The fourth-order valence-electron chi connectivity index (χ4n) is 3.61. The van der Waals surface area contributed by atoms with Gasteiger partial charge >= 0.3 is 0 Å². The first-order valence-electron chi connectivity index (χ1n) is 15.2. The summed E-state index contributed by atoms with van der Waals surface area (Å²) in [5.74, 6) is 58.5. The Morgan fingerprint density at radius 2 is 1.14 bits per heavy atom. The van der Waals surface area contributed by atoms with E-state index in [9.17, 15) is 30.3 Å². The fourth-order valence-corrected chi connectivity index (χ4v) is 3.61. The number of rotatable bonds is 11. The van der Waals surface area contributed by atoms with Gasteiger partial charge in [-0.05, 0) is 108 Å². The van der Waals surface area contributed by atoms with Crippen molar-refractivity contribution in [1.29, 1.82) is 0 Å². The number of hydrogen-bond acceptors (Lipinski definition) is 8. The highest BCUT2D eigenvalue weighted by Gasteiger charge is 2.44. The molecule has 0 bridgehead atoms. The van der Waals surface area contributed by atoms with Crippen molar-refractivity contribution >= 4 is 5.91 Å². The van der Waals surface area contributed by atoms with Gasteiger partial charge in [0.25, 0.3) is 5.91 Å². The summed E-state index contributed by atoms with van der Waals surface area (Å²) in [6, 6.07) is -0.955. The van der Waals surface area contributed by atoms with Gasteiger partial charge in [0.05, 0.1) is 25.4 Å². The first kappa shape index (κ1) is 41.9. The molecule has 1 rings (SSSR count). The molecule has 1 amide bonds. The maximum absolute atomic E-state index is 12.4. The summed E-state index contributed by atoms with van der Waals surface area (Å²) in [7, 11) is 0. The molecule has 2 unspecified atom stereocenters. The lowest BCUT2D eigenvalue weighted by molar-refractivity contribution is -0.302. The van der Waals surface area contributed by atoms with Crippen molar-refractivity contribution in [2.45, 2.75) is 88.8 Å². The van der Waals surface area contributed by atoms with Crippen LogP contribution >= 0.6 is 0 Å². The minimum absolute atomic E-state index is 0.322. The van der Waals surface area contributed by atoms with Gasteiger partial charge in [-0.3, -0.25) is 4.79 Å². The molecule has 0 radical (unpaired) electrons. The van der Waals surface area contributed by atoms with Crippen LogP contribution in [-0.4, -0.2) is 87.5 Å². The highest BCUT2D eigenvalue weighted by Crippen LogP contribution is 2.22. The summed E-state index contributed by atoms with van der Waals surface area (Å²) in [5.41, 5.74) is 0. The van der Waals surface area contributed by atoms with Gasteiger partial charge in [-0.1, -0.05) is 38.5 Å². The summed E-state index contributed by atoms with van der Waals surface area (Å²) >= 11 is 0. The van der Waals surface area contributed by atoms with E-state index in [1.54, 1.807) is 6.92 Å². The van der Waals surface area contributed by atoms with Gasteiger partial charge in [-0.15, -0.1) is 0 Å². The zero-order chi connectivity index (χ0) is 36.7. The molecule has 0 spiro atoms. The summed E-state index contributed by atoms with van der Waals surface area (Å²) in [4.78, 5) is 12.4. The van der Waals surface area contributed by atoms with E-state index < -0.39 is 55.4 Å². The van der Waals surface area contributed by atoms with E-state index in [0.717, 1.165) is 19.3 Å². The minimum atomic E-state index is -1.63. The lowest BCUT2D eigenvalue weighted by Crippen LogP contribution is -2.60. The molecular weight excluding hydrogens is 634 g/mol. The number of unbranched alkanes of at least 4 members (excludes halogenated alkanes) is 3. The van der Waals surface area contributed by atoms with Crippen molar-refractivity contribution in [3.8, 4) is 142 Å². The van der Waals surface area contributed by atoms with Crippen molar-refractivity contribution in [3.63, 3.8) is 0 Å². The monoisotopic (exact) mass is 667 g/mol. The SMILES string of the molecule is CC#CC#CC#CC#CC#CC#CC#CC#CC#CC#CC#CC#CC(=O)N[C@@H](CO[C@H]1OC(CO)[C@H](O)[C@H](O)C1O)[C@H](O)CCCCCC. The molecule has 0 aromatic rings. The Balaban J connectivity index is 2.69. The van der Waals surface area contributed by atoms with Crippen molar-refractivity contribution in [2.75, 3.05) is 13.2 Å². The second kappa shape index (κ2) is 28.0. The van der Waals surface area contributed by atoms with Crippen LogP contribution in [0.15, 0.2) is 0 Å². The molecule has 9 heteroatoms. The molecule has 0 saturated carbocycles. The number of aliphatic hydroxyl groups is 5. The predicted octanol–water partition coefficient (Wildman–Crippen LogP) is -1.32. The molecule has 0 aliphatic carbocycles. The third kappa shape index (κ3) is 19.5. The van der Waals surface area contributed by atoms with Gasteiger partial charge in [-0.25, -0.2) is 0 Å². The van der Waals surface area contributed by atoms with Crippen molar-refractivity contribution in [3.05, 3.63) is 0 Å². The van der Waals surface area contributed by atoms with Crippen LogP contribution in [0, 0.1) is 142 Å². The largest absolute Gasteiger partial charge is 0.394 e. The Bertz CT molecular complexity index is 1940. The lowest BCUT2D eigenvalue weighted by atomic mass is 9.99. The van der Waals surface area contributed by atoms with Crippen LogP contribution in [0.1, 0.15) is 46.0 Å². The van der Waals surface area contributed by atoms with Gasteiger partial charge in [0, 0.05) is 41.4 Å². The summed E-state index contributed by atoms with van der Waals surface area (Å²) in [6.07, 6.45) is -4.49. The number of carbonyl (C=O) groups excluding carboxylic acids is 1. The Kier molecular flexibility index (Phi) is 23.5. The molecule has 1 saturated heterocycles. The third-order valence-corrected chi connectivity index (χ3v) is 6.04. The number of nitrogens with one attached hydrogen (secondary N) is 1. The standard InChI is InChI=1S/C41H33NO8/c1-3-5-7-9-10-11-12-13-14-15-16-17-18-19-20-21-22-23-24-25-26-27-29-31-37(45)42-34(35(44)30-28-8-6-4-2)33-49-41-40(48)39(47)38(46)36(32-43)50-41/h34-36,38-41,43-44,46-48H,4,6,8,28,30,32-33H2,1-2H3,(H,42,45)/t34-,35+,36?,38-,39-,40?,41-/m0/s1. The zero-order valence-electron chi connectivity index (χ0n) is 27.5. The molecule has 0 aromatic heterocycles. The predicted molar refractivity (Wildman–Crippen MR) is 185 cm³/mol. The number of hydrogen-bond donors (Lipinski definition) is 6. The average molecular weight is 668 g/mol. The van der Waals surface area contributed by atoms with Gasteiger partial charge < -0.3 is 40.3 Å². The van der Waals surface area contributed by atoms with Crippen LogP contribution < -0.4 is 5.32 Å². The van der Waals surface area contributed by atoms with E-state index in [-0.39, 0.29) is 6.61 Å². The van der Waals surface area contributed by atoms with E-state index >= 15 is 0 Å². The van der Waals surface area contributed by atoms with Crippen LogP contribution in [0.25, 0.3) is 0 Å². The highest BCUT2D eigenvalue weighted by molar-refractivity contribution is 5.94. The smallest absolute Gasteiger partial charge is 0.297 e.